The van der Waals surface area contributed by atoms with E-state index in [1.165, 1.54) is 50.1 Å². The molecule has 1 aromatic carbocycles. The van der Waals surface area contributed by atoms with E-state index < -0.39 is 0 Å². The summed E-state index contributed by atoms with van der Waals surface area (Å²) in [6.07, 6.45) is 10.5. The van der Waals surface area contributed by atoms with Crippen molar-refractivity contribution in [3.05, 3.63) is 29.3 Å². The van der Waals surface area contributed by atoms with Crippen molar-refractivity contribution >= 4 is 5.69 Å². The number of aryl methyl sites for hydroxylation is 1. The van der Waals surface area contributed by atoms with Gasteiger partial charge in [0.15, 0.2) is 0 Å². The van der Waals surface area contributed by atoms with Gasteiger partial charge in [0.25, 0.3) is 0 Å². The monoisotopic (exact) mass is 322 g/mol. The third-order valence-corrected chi connectivity index (χ3v) is 8.76. The summed E-state index contributed by atoms with van der Waals surface area (Å²) in [6, 6.07) is 7.93. The third kappa shape index (κ3) is 1.76. The molecule has 1 N–H and O–H groups in total. The van der Waals surface area contributed by atoms with Gasteiger partial charge in [0, 0.05) is 23.7 Å². The fourth-order valence-electron chi connectivity index (χ4n) is 7.25. The van der Waals surface area contributed by atoms with Crippen molar-refractivity contribution in [2.24, 2.45) is 17.3 Å². The van der Waals surface area contributed by atoms with Crippen LogP contribution >= 0.6 is 0 Å². The molecule has 24 heavy (non-hydrogen) atoms. The van der Waals surface area contributed by atoms with E-state index in [9.17, 15) is 0 Å². The number of benzene rings is 1. The largest absolute Gasteiger partial charge is 0.384 e. The van der Waals surface area contributed by atoms with Crippen molar-refractivity contribution < 1.29 is 0 Å². The Morgan fingerprint density at radius 3 is 2.71 bits per heavy atom. The topological polar surface area (TPSA) is 15.3 Å². The molecule has 2 spiro atoms. The van der Waals surface area contributed by atoms with Crippen LogP contribution in [0.5, 0.6) is 0 Å². The lowest BCUT2D eigenvalue weighted by molar-refractivity contribution is 0.118. The Balaban J connectivity index is 1.19. The van der Waals surface area contributed by atoms with E-state index in [1.807, 2.05) is 0 Å². The van der Waals surface area contributed by atoms with E-state index in [0.29, 0.717) is 5.41 Å². The summed E-state index contributed by atoms with van der Waals surface area (Å²) in [5, 5.41) is 3.70. The number of piperidine rings is 1. The Labute approximate surface area is 146 Å². The molecule has 128 valence electrons. The lowest BCUT2D eigenvalue weighted by atomic mass is 9.73. The molecular formula is C22H30N2. The number of rotatable bonds is 1. The summed E-state index contributed by atoms with van der Waals surface area (Å²) in [4.78, 5) is 2.89. The van der Waals surface area contributed by atoms with Crippen molar-refractivity contribution in [1.82, 2.24) is 4.90 Å². The molecular weight excluding hydrogens is 292 g/mol. The van der Waals surface area contributed by atoms with Crippen LogP contribution in [0.25, 0.3) is 0 Å². The number of hydrogen-bond donors (Lipinski definition) is 1. The molecule has 3 aliphatic carbocycles. The second-order valence-corrected chi connectivity index (χ2v) is 9.72. The molecule has 2 nitrogen and oxygen atoms in total. The average Bonchev–Trinajstić information content (AvgIpc) is 2.88. The fourth-order valence-corrected chi connectivity index (χ4v) is 7.25. The molecule has 0 amide bonds. The Bertz CT molecular complexity index is 687. The Hall–Kier alpha value is -1.02. The predicted octanol–water partition coefficient (Wildman–Crippen LogP) is 4.33. The normalized spacial score (nSPS) is 41.8. The number of nitrogens with one attached hydrogen (secondary N) is 1. The highest BCUT2D eigenvalue weighted by molar-refractivity contribution is 5.61. The number of hydrogen-bond acceptors (Lipinski definition) is 2. The Morgan fingerprint density at radius 1 is 1.08 bits per heavy atom. The van der Waals surface area contributed by atoms with Crippen LogP contribution in [-0.2, 0) is 5.41 Å². The molecule has 0 radical (unpaired) electrons. The maximum Gasteiger partial charge on any atom is 0.0379 e. The van der Waals surface area contributed by atoms with Gasteiger partial charge in [-0.2, -0.15) is 0 Å². The standard InChI is InChI=1S/C22H30N2/c1-15-2-5-20-19(10-15)21(14-23-20)6-8-24(9-7-21)18-11-16-3-4-17-12-22(16,17)13-18/h2,5,10,16-18,23H,3-4,6-9,11-14H2,1H3. The summed E-state index contributed by atoms with van der Waals surface area (Å²) < 4.78 is 0. The van der Waals surface area contributed by atoms with E-state index in [1.54, 1.807) is 31.2 Å². The molecule has 4 unspecified atom stereocenters. The van der Waals surface area contributed by atoms with Crippen LogP contribution in [0.2, 0.25) is 0 Å². The molecule has 1 saturated heterocycles. The lowest BCUT2D eigenvalue weighted by Gasteiger charge is -2.42. The second-order valence-electron chi connectivity index (χ2n) is 9.72. The fraction of sp³-hybridized carbons (Fsp3) is 0.727. The summed E-state index contributed by atoms with van der Waals surface area (Å²) in [5.41, 5.74) is 5.71. The first kappa shape index (κ1) is 14.2. The van der Waals surface area contributed by atoms with Gasteiger partial charge in [-0.15, -0.1) is 0 Å². The van der Waals surface area contributed by atoms with Gasteiger partial charge >= 0.3 is 0 Å². The van der Waals surface area contributed by atoms with Crippen LogP contribution in [0.4, 0.5) is 5.69 Å². The van der Waals surface area contributed by atoms with Gasteiger partial charge in [0.2, 0.25) is 0 Å². The Morgan fingerprint density at radius 2 is 1.92 bits per heavy atom. The molecule has 5 aliphatic rings. The maximum atomic E-state index is 3.70. The molecule has 4 fully saturated rings. The number of fused-ring (bicyclic) bond motifs is 2. The molecule has 2 aliphatic heterocycles. The zero-order valence-electron chi connectivity index (χ0n) is 15.0. The van der Waals surface area contributed by atoms with Crippen LogP contribution < -0.4 is 5.32 Å². The summed E-state index contributed by atoms with van der Waals surface area (Å²) in [7, 11) is 0. The van der Waals surface area contributed by atoms with E-state index in [-0.39, 0.29) is 0 Å². The summed E-state index contributed by atoms with van der Waals surface area (Å²) in [6.45, 7) is 6.06. The van der Waals surface area contributed by atoms with Gasteiger partial charge in [-0.25, -0.2) is 0 Å². The molecule has 0 bridgehead atoms. The van der Waals surface area contributed by atoms with Crippen LogP contribution in [0.3, 0.4) is 0 Å². The highest BCUT2D eigenvalue weighted by Gasteiger charge is 2.66. The lowest BCUT2D eigenvalue weighted by Crippen LogP contribution is -2.47. The number of anilines is 1. The number of nitrogens with zero attached hydrogens (tertiary/aromatic N) is 1. The van der Waals surface area contributed by atoms with E-state index in [4.69, 9.17) is 0 Å². The molecule has 6 rings (SSSR count). The van der Waals surface area contributed by atoms with E-state index >= 15 is 0 Å². The first-order valence-electron chi connectivity index (χ1n) is 10.3. The van der Waals surface area contributed by atoms with Gasteiger partial charge in [0.05, 0.1) is 0 Å². The molecule has 0 aromatic heterocycles. The predicted molar refractivity (Wildman–Crippen MR) is 98.4 cm³/mol. The quantitative estimate of drug-likeness (QED) is 0.828. The summed E-state index contributed by atoms with van der Waals surface area (Å²) in [5.74, 6) is 2.23. The molecule has 4 atom stereocenters. The molecule has 3 saturated carbocycles. The number of likely N-dealkylation sites (tertiary alicyclic amines) is 1. The van der Waals surface area contributed by atoms with Crippen molar-refractivity contribution in [3.63, 3.8) is 0 Å². The van der Waals surface area contributed by atoms with Crippen LogP contribution in [-0.4, -0.2) is 30.6 Å². The minimum Gasteiger partial charge on any atom is -0.384 e. The van der Waals surface area contributed by atoms with Crippen molar-refractivity contribution in [3.8, 4) is 0 Å². The highest BCUT2D eigenvalue weighted by atomic mass is 15.2. The second kappa shape index (κ2) is 4.58. The van der Waals surface area contributed by atoms with E-state index in [0.717, 1.165) is 23.3 Å². The van der Waals surface area contributed by atoms with Crippen molar-refractivity contribution in [2.45, 2.75) is 63.3 Å². The first-order valence-corrected chi connectivity index (χ1v) is 10.3. The Kier molecular flexibility index (Phi) is 2.70. The van der Waals surface area contributed by atoms with E-state index in [2.05, 4.69) is 35.3 Å². The average molecular weight is 322 g/mol. The van der Waals surface area contributed by atoms with Crippen LogP contribution in [0.15, 0.2) is 18.2 Å². The van der Waals surface area contributed by atoms with Crippen LogP contribution in [0, 0.1) is 24.2 Å². The van der Waals surface area contributed by atoms with Crippen molar-refractivity contribution in [2.75, 3.05) is 25.0 Å². The highest BCUT2D eigenvalue weighted by Crippen LogP contribution is 2.73. The van der Waals surface area contributed by atoms with Gasteiger partial charge in [-0.3, -0.25) is 0 Å². The minimum absolute atomic E-state index is 0.423. The zero-order chi connectivity index (χ0) is 15.9. The summed E-state index contributed by atoms with van der Waals surface area (Å²) >= 11 is 0. The van der Waals surface area contributed by atoms with Gasteiger partial charge < -0.3 is 10.2 Å². The third-order valence-electron chi connectivity index (χ3n) is 8.76. The molecule has 1 aromatic rings. The first-order chi connectivity index (χ1) is 11.7. The van der Waals surface area contributed by atoms with Crippen LogP contribution in [0.1, 0.15) is 56.1 Å². The molecule has 2 heterocycles. The van der Waals surface area contributed by atoms with Gasteiger partial charge in [-0.1, -0.05) is 17.7 Å². The minimum atomic E-state index is 0.423. The van der Waals surface area contributed by atoms with Gasteiger partial charge in [0.1, 0.15) is 0 Å². The SMILES string of the molecule is Cc1ccc2c(c1)C1(CCN(C3CC4CCC5CC45C3)CC1)CN2. The van der Waals surface area contributed by atoms with Crippen molar-refractivity contribution in [1.29, 1.82) is 0 Å². The van der Waals surface area contributed by atoms with Gasteiger partial charge in [-0.05, 0) is 93.8 Å². The zero-order valence-corrected chi connectivity index (χ0v) is 15.0. The molecule has 2 heteroatoms. The maximum absolute atomic E-state index is 3.70. The smallest absolute Gasteiger partial charge is 0.0379 e.